The second-order valence-electron chi connectivity index (χ2n) is 3.57. The summed E-state index contributed by atoms with van der Waals surface area (Å²) in [4.78, 5) is 11.3. The first kappa shape index (κ1) is 14.7. The topological polar surface area (TPSA) is 101 Å². The number of hydrogen-bond donors (Lipinski definition) is 3. The molecule has 0 fully saturated rings. The molecule has 0 aliphatic carbocycles. The van der Waals surface area contributed by atoms with Gasteiger partial charge in [-0.3, -0.25) is 0 Å². The number of nitrogens with one attached hydrogen (secondary N) is 2. The van der Waals surface area contributed by atoms with Crippen LogP contribution in [0, 0.1) is 0 Å². The molecule has 8 heteroatoms. The minimum Gasteiger partial charge on any atom is -0.338 e. The number of primary sulfonamides is 1. The molecule has 4 N–H and O–H groups in total. The number of rotatable bonds is 4. The lowest BCUT2D eigenvalue weighted by Crippen LogP contribution is -2.29. The average Bonchev–Trinajstić information content (AvgIpc) is 2.28. The summed E-state index contributed by atoms with van der Waals surface area (Å²) in [7, 11) is -3.83. The first-order valence-corrected chi connectivity index (χ1v) is 7.14. The standard InChI is InChI=1S/C10H14ClN3O3S/c1-2-5-13-10(15)14-9-6-7(18(12,16)17)3-4-8(9)11/h3-4,6H,2,5H2,1H3,(H2,12,16,17)(H2,13,14,15). The third-order valence-corrected chi connectivity index (χ3v) is 3.29. The van der Waals surface area contributed by atoms with Crippen LogP contribution in [0.15, 0.2) is 23.1 Å². The van der Waals surface area contributed by atoms with Crippen LogP contribution >= 0.6 is 11.6 Å². The molecule has 6 nitrogen and oxygen atoms in total. The molecule has 1 aromatic rings. The van der Waals surface area contributed by atoms with Crippen molar-refractivity contribution in [2.45, 2.75) is 18.2 Å². The fraction of sp³-hybridized carbons (Fsp3) is 0.300. The highest BCUT2D eigenvalue weighted by molar-refractivity contribution is 7.89. The highest BCUT2D eigenvalue weighted by Crippen LogP contribution is 2.24. The third kappa shape index (κ3) is 4.17. The Kier molecular flexibility index (Phi) is 4.94. The molecule has 0 saturated carbocycles. The number of hydrogen-bond acceptors (Lipinski definition) is 3. The molecule has 0 unspecified atom stereocenters. The van der Waals surface area contributed by atoms with Crippen molar-refractivity contribution in [2.24, 2.45) is 5.14 Å². The maximum atomic E-state index is 11.4. The molecule has 0 saturated heterocycles. The Balaban J connectivity index is 2.92. The highest BCUT2D eigenvalue weighted by Gasteiger charge is 2.12. The van der Waals surface area contributed by atoms with Crippen LogP contribution in [0.2, 0.25) is 5.02 Å². The van der Waals surface area contributed by atoms with E-state index in [1.165, 1.54) is 18.2 Å². The van der Waals surface area contributed by atoms with E-state index >= 15 is 0 Å². The van der Waals surface area contributed by atoms with Crippen molar-refractivity contribution in [1.82, 2.24) is 5.32 Å². The van der Waals surface area contributed by atoms with Crippen LogP contribution in [-0.2, 0) is 10.0 Å². The summed E-state index contributed by atoms with van der Waals surface area (Å²) < 4.78 is 22.3. The monoisotopic (exact) mass is 291 g/mol. The Hall–Kier alpha value is -1.31. The van der Waals surface area contributed by atoms with Gasteiger partial charge in [0.15, 0.2) is 0 Å². The van der Waals surface area contributed by atoms with Crippen molar-refractivity contribution in [3.05, 3.63) is 23.2 Å². The van der Waals surface area contributed by atoms with Crippen LogP contribution < -0.4 is 15.8 Å². The van der Waals surface area contributed by atoms with Crippen molar-refractivity contribution in [3.8, 4) is 0 Å². The molecule has 1 aromatic carbocycles. The minimum atomic E-state index is -3.83. The van der Waals surface area contributed by atoms with Gasteiger partial charge >= 0.3 is 6.03 Å². The van der Waals surface area contributed by atoms with Gasteiger partial charge in [-0.15, -0.1) is 0 Å². The van der Waals surface area contributed by atoms with Gasteiger partial charge in [-0.1, -0.05) is 18.5 Å². The largest absolute Gasteiger partial charge is 0.338 e. The van der Waals surface area contributed by atoms with E-state index in [0.717, 1.165) is 6.42 Å². The van der Waals surface area contributed by atoms with Gasteiger partial charge in [0.05, 0.1) is 15.6 Å². The van der Waals surface area contributed by atoms with Crippen molar-refractivity contribution in [2.75, 3.05) is 11.9 Å². The van der Waals surface area contributed by atoms with Gasteiger partial charge < -0.3 is 10.6 Å². The Morgan fingerprint density at radius 1 is 1.44 bits per heavy atom. The molecule has 0 bridgehead atoms. The molecule has 0 aliphatic rings. The van der Waals surface area contributed by atoms with Crippen LogP contribution in [0.3, 0.4) is 0 Å². The van der Waals surface area contributed by atoms with E-state index in [0.29, 0.717) is 6.54 Å². The number of benzene rings is 1. The van der Waals surface area contributed by atoms with Crippen LogP contribution in [-0.4, -0.2) is 21.0 Å². The SMILES string of the molecule is CCCNC(=O)Nc1cc(S(N)(=O)=O)ccc1Cl. The van der Waals surface area contributed by atoms with E-state index in [2.05, 4.69) is 10.6 Å². The van der Waals surface area contributed by atoms with Gasteiger partial charge in [0.2, 0.25) is 10.0 Å². The Labute approximate surface area is 111 Å². The first-order valence-electron chi connectivity index (χ1n) is 5.21. The Morgan fingerprint density at radius 2 is 2.11 bits per heavy atom. The van der Waals surface area contributed by atoms with E-state index in [1.54, 1.807) is 0 Å². The number of carbonyl (C=O) groups excluding carboxylic acids is 1. The molecule has 0 spiro atoms. The predicted octanol–water partition coefficient (Wildman–Crippen LogP) is 1.52. The molecule has 18 heavy (non-hydrogen) atoms. The van der Waals surface area contributed by atoms with E-state index in [-0.39, 0.29) is 15.6 Å². The summed E-state index contributed by atoms with van der Waals surface area (Å²) in [6.07, 6.45) is 0.790. The Morgan fingerprint density at radius 3 is 2.67 bits per heavy atom. The summed E-state index contributed by atoms with van der Waals surface area (Å²) >= 11 is 5.85. The molecule has 2 amide bonds. The smallest absolute Gasteiger partial charge is 0.319 e. The van der Waals surface area contributed by atoms with Crippen LogP contribution in [0.25, 0.3) is 0 Å². The van der Waals surface area contributed by atoms with Gasteiger partial charge in [0, 0.05) is 6.54 Å². The minimum absolute atomic E-state index is 0.113. The van der Waals surface area contributed by atoms with E-state index in [9.17, 15) is 13.2 Å². The molecule has 0 radical (unpaired) electrons. The Bertz CT molecular complexity index is 545. The summed E-state index contributed by atoms with van der Waals surface area (Å²) in [5, 5.41) is 10.3. The van der Waals surface area contributed by atoms with Crippen molar-refractivity contribution < 1.29 is 13.2 Å². The quantitative estimate of drug-likeness (QED) is 0.784. The molecule has 0 heterocycles. The van der Waals surface area contributed by atoms with Gasteiger partial charge in [-0.05, 0) is 24.6 Å². The van der Waals surface area contributed by atoms with Crippen molar-refractivity contribution >= 4 is 33.3 Å². The van der Waals surface area contributed by atoms with E-state index in [4.69, 9.17) is 16.7 Å². The van der Waals surface area contributed by atoms with Crippen LogP contribution in [0.5, 0.6) is 0 Å². The number of urea groups is 1. The summed E-state index contributed by atoms with van der Waals surface area (Å²) in [6, 6.07) is 3.39. The van der Waals surface area contributed by atoms with Gasteiger partial charge in [-0.25, -0.2) is 18.4 Å². The molecule has 0 aromatic heterocycles. The lowest BCUT2D eigenvalue weighted by molar-refractivity contribution is 0.252. The first-order chi connectivity index (χ1) is 8.34. The second-order valence-corrected chi connectivity index (χ2v) is 5.54. The zero-order valence-electron chi connectivity index (χ0n) is 9.73. The summed E-state index contributed by atoms with van der Waals surface area (Å²) in [6.45, 7) is 2.42. The lowest BCUT2D eigenvalue weighted by Gasteiger charge is -2.09. The van der Waals surface area contributed by atoms with E-state index in [1.807, 2.05) is 6.92 Å². The molecule has 0 aliphatic heterocycles. The molecular formula is C10H14ClN3O3S. The summed E-state index contributed by atoms with van der Waals surface area (Å²) in [5.41, 5.74) is 0.191. The van der Waals surface area contributed by atoms with E-state index < -0.39 is 16.1 Å². The number of amides is 2. The van der Waals surface area contributed by atoms with Crippen molar-refractivity contribution in [3.63, 3.8) is 0 Å². The molecular weight excluding hydrogens is 278 g/mol. The average molecular weight is 292 g/mol. The second kappa shape index (κ2) is 6.03. The number of anilines is 1. The fourth-order valence-corrected chi connectivity index (χ4v) is 1.89. The number of sulfonamides is 1. The maximum absolute atomic E-state index is 11.4. The van der Waals surface area contributed by atoms with Gasteiger partial charge in [-0.2, -0.15) is 0 Å². The molecule has 0 atom stereocenters. The van der Waals surface area contributed by atoms with Gasteiger partial charge in [0.1, 0.15) is 0 Å². The number of halogens is 1. The predicted molar refractivity (Wildman–Crippen MR) is 70.1 cm³/mol. The van der Waals surface area contributed by atoms with Crippen LogP contribution in [0.4, 0.5) is 10.5 Å². The van der Waals surface area contributed by atoms with Crippen molar-refractivity contribution in [1.29, 1.82) is 0 Å². The van der Waals surface area contributed by atoms with Crippen LogP contribution in [0.1, 0.15) is 13.3 Å². The third-order valence-electron chi connectivity index (χ3n) is 2.05. The zero-order chi connectivity index (χ0) is 13.8. The summed E-state index contributed by atoms with van der Waals surface area (Å²) in [5.74, 6) is 0. The maximum Gasteiger partial charge on any atom is 0.319 e. The highest BCUT2D eigenvalue weighted by atomic mass is 35.5. The molecule has 100 valence electrons. The lowest BCUT2D eigenvalue weighted by atomic mass is 10.3. The van der Waals surface area contributed by atoms with Gasteiger partial charge in [0.25, 0.3) is 0 Å². The normalized spacial score (nSPS) is 11.1. The molecule has 1 rings (SSSR count). The fourth-order valence-electron chi connectivity index (χ4n) is 1.18. The zero-order valence-corrected chi connectivity index (χ0v) is 11.3. The number of carbonyl (C=O) groups is 1. The number of nitrogens with two attached hydrogens (primary N) is 1.